The molecule has 1 rings (SSSR count). The van der Waals surface area contributed by atoms with E-state index in [1.165, 1.54) is 77.0 Å². The molecule has 0 spiro atoms. The summed E-state index contributed by atoms with van der Waals surface area (Å²) in [6.07, 6.45) is 17.9. The lowest BCUT2D eigenvalue weighted by molar-refractivity contribution is 0.349. The van der Waals surface area contributed by atoms with Gasteiger partial charge < -0.3 is 4.74 Å². The zero-order valence-electron chi connectivity index (χ0n) is 12.0. The molecule has 1 fully saturated rings. The molecule has 0 bridgehead atoms. The summed E-state index contributed by atoms with van der Waals surface area (Å²) >= 11 is 0. The number of ether oxygens (including phenoxy) is 1. The third-order valence-corrected chi connectivity index (χ3v) is 3.87. The van der Waals surface area contributed by atoms with Crippen LogP contribution in [0.3, 0.4) is 0 Å². The van der Waals surface area contributed by atoms with Crippen LogP contribution in [0.1, 0.15) is 90.9 Å². The van der Waals surface area contributed by atoms with Crippen molar-refractivity contribution in [3.8, 4) is 0 Å². The molecule has 1 saturated heterocycles. The van der Waals surface area contributed by atoms with Crippen molar-refractivity contribution < 1.29 is 4.74 Å². The highest BCUT2D eigenvalue weighted by atomic mass is 16.6. The molecule has 2 atom stereocenters. The van der Waals surface area contributed by atoms with E-state index in [9.17, 15) is 0 Å². The molecular weight excluding hydrogens is 208 g/mol. The van der Waals surface area contributed by atoms with E-state index in [-0.39, 0.29) is 0 Å². The lowest BCUT2D eigenvalue weighted by Crippen LogP contribution is -1.94. The van der Waals surface area contributed by atoms with Crippen LogP contribution in [0.25, 0.3) is 0 Å². The quantitative estimate of drug-likeness (QED) is 0.325. The van der Waals surface area contributed by atoms with Gasteiger partial charge in [-0.25, -0.2) is 0 Å². The fraction of sp³-hybridized carbons (Fsp3) is 1.00. The first-order valence-electron chi connectivity index (χ1n) is 8.04. The summed E-state index contributed by atoms with van der Waals surface area (Å²) < 4.78 is 5.68. The van der Waals surface area contributed by atoms with Crippen molar-refractivity contribution in [2.75, 3.05) is 0 Å². The van der Waals surface area contributed by atoms with Crippen LogP contribution in [-0.2, 0) is 4.74 Å². The fourth-order valence-corrected chi connectivity index (χ4v) is 2.57. The van der Waals surface area contributed by atoms with E-state index in [0.29, 0.717) is 12.2 Å². The maximum absolute atomic E-state index is 5.68. The van der Waals surface area contributed by atoms with Crippen molar-refractivity contribution in [1.82, 2.24) is 0 Å². The highest BCUT2D eigenvalue weighted by molar-refractivity contribution is 4.84. The van der Waals surface area contributed by atoms with Crippen LogP contribution in [0.2, 0.25) is 0 Å². The molecule has 0 aromatic heterocycles. The average molecular weight is 240 g/mol. The van der Waals surface area contributed by atoms with Gasteiger partial charge in [0.15, 0.2) is 0 Å². The van der Waals surface area contributed by atoms with Gasteiger partial charge in [0.05, 0.1) is 12.2 Å². The summed E-state index contributed by atoms with van der Waals surface area (Å²) in [4.78, 5) is 0. The van der Waals surface area contributed by atoms with Crippen molar-refractivity contribution >= 4 is 0 Å². The van der Waals surface area contributed by atoms with Gasteiger partial charge in [-0.2, -0.15) is 0 Å². The van der Waals surface area contributed by atoms with E-state index in [1.54, 1.807) is 0 Å². The Labute approximate surface area is 108 Å². The van der Waals surface area contributed by atoms with Gasteiger partial charge in [0.25, 0.3) is 0 Å². The first-order valence-corrected chi connectivity index (χ1v) is 8.04. The monoisotopic (exact) mass is 240 g/mol. The summed E-state index contributed by atoms with van der Waals surface area (Å²) in [7, 11) is 0. The molecule has 102 valence electrons. The van der Waals surface area contributed by atoms with Gasteiger partial charge in [0.1, 0.15) is 0 Å². The second kappa shape index (κ2) is 9.94. The third kappa shape index (κ3) is 7.81. The maximum Gasteiger partial charge on any atom is 0.0841 e. The van der Waals surface area contributed by atoms with E-state index in [1.807, 2.05) is 0 Å². The predicted molar refractivity (Wildman–Crippen MR) is 75.4 cm³/mol. The van der Waals surface area contributed by atoms with Crippen LogP contribution < -0.4 is 0 Å². The SMILES string of the molecule is CCCCCCCCCCC1OC1CCCC. The highest BCUT2D eigenvalue weighted by Crippen LogP contribution is 2.31. The highest BCUT2D eigenvalue weighted by Gasteiger charge is 2.36. The van der Waals surface area contributed by atoms with Crippen LogP contribution in [0.4, 0.5) is 0 Å². The van der Waals surface area contributed by atoms with Gasteiger partial charge >= 0.3 is 0 Å². The number of rotatable bonds is 12. The van der Waals surface area contributed by atoms with E-state index >= 15 is 0 Å². The number of epoxide rings is 1. The molecular formula is C16H32O. The van der Waals surface area contributed by atoms with Crippen LogP contribution in [0.15, 0.2) is 0 Å². The largest absolute Gasteiger partial charge is 0.370 e. The Morgan fingerprint density at radius 1 is 0.588 bits per heavy atom. The van der Waals surface area contributed by atoms with Crippen molar-refractivity contribution in [2.24, 2.45) is 0 Å². The Morgan fingerprint density at radius 2 is 1.06 bits per heavy atom. The van der Waals surface area contributed by atoms with Gasteiger partial charge in [0, 0.05) is 0 Å². The molecule has 0 N–H and O–H groups in total. The minimum Gasteiger partial charge on any atom is -0.370 e. The van der Waals surface area contributed by atoms with E-state index in [4.69, 9.17) is 4.74 Å². The zero-order valence-corrected chi connectivity index (χ0v) is 12.0. The van der Waals surface area contributed by atoms with Crippen LogP contribution >= 0.6 is 0 Å². The second-order valence-corrected chi connectivity index (χ2v) is 5.62. The Bertz CT molecular complexity index is 167. The van der Waals surface area contributed by atoms with Crippen LogP contribution in [-0.4, -0.2) is 12.2 Å². The average Bonchev–Trinajstić information content (AvgIpc) is 3.09. The van der Waals surface area contributed by atoms with E-state index in [2.05, 4.69) is 13.8 Å². The second-order valence-electron chi connectivity index (χ2n) is 5.62. The fourth-order valence-electron chi connectivity index (χ4n) is 2.57. The first-order chi connectivity index (χ1) is 8.38. The van der Waals surface area contributed by atoms with Gasteiger partial charge in [-0.15, -0.1) is 0 Å². The standard InChI is InChI=1S/C16H32O/c1-3-5-7-8-9-10-11-12-14-16-15(17-16)13-6-4-2/h15-16H,3-14H2,1-2H3. The topological polar surface area (TPSA) is 12.5 Å². The third-order valence-electron chi connectivity index (χ3n) is 3.87. The van der Waals surface area contributed by atoms with Crippen LogP contribution in [0.5, 0.6) is 0 Å². The van der Waals surface area contributed by atoms with E-state index < -0.39 is 0 Å². The normalized spacial score (nSPS) is 22.9. The molecule has 2 unspecified atom stereocenters. The predicted octanol–water partition coefficient (Wildman–Crippen LogP) is 5.47. The summed E-state index contributed by atoms with van der Waals surface area (Å²) in [5, 5.41) is 0. The molecule has 1 nitrogen and oxygen atoms in total. The van der Waals surface area contributed by atoms with Crippen molar-refractivity contribution in [3.63, 3.8) is 0 Å². The Balaban J connectivity index is 1.74. The first kappa shape index (κ1) is 15.0. The van der Waals surface area contributed by atoms with Crippen molar-refractivity contribution in [1.29, 1.82) is 0 Å². The number of hydrogen-bond acceptors (Lipinski definition) is 1. The molecule has 0 saturated carbocycles. The number of unbranched alkanes of at least 4 members (excludes halogenated alkanes) is 8. The Hall–Kier alpha value is -0.0400. The number of hydrogen-bond donors (Lipinski definition) is 0. The summed E-state index contributed by atoms with van der Waals surface area (Å²) in [5.41, 5.74) is 0. The lowest BCUT2D eigenvalue weighted by atomic mass is 10.0. The molecule has 1 aliphatic heterocycles. The maximum atomic E-state index is 5.68. The van der Waals surface area contributed by atoms with Gasteiger partial charge in [0.2, 0.25) is 0 Å². The minimum atomic E-state index is 0.638. The molecule has 0 amide bonds. The summed E-state index contributed by atoms with van der Waals surface area (Å²) in [5.74, 6) is 0. The van der Waals surface area contributed by atoms with Crippen LogP contribution in [0, 0.1) is 0 Å². The molecule has 1 aliphatic rings. The van der Waals surface area contributed by atoms with Gasteiger partial charge in [-0.3, -0.25) is 0 Å². The molecule has 1 heteroatoms. The molecule has 17 heavy (non-hydrogen) atoms. The summed E-state index contributed by atoms with van der Waals surface area (Å²) in [6, 6.07) is 0. The van der Waals surface area contributed by atoms with Gasteiger partial charge in [-0.05, 0) is 12.8 Å². The Kier molecular flexibility index (Phi) is 8.78. The van der Waals surface area contributed by atoms with Gasteiger partial charge in [-0.1, -0.05) is 78.1 Å². The molecule has 0 aliphatic carbocycles. The Morgan fingerprint density at radius 3 is 1.65 bits per heavy atom. The van der Waals surface area contributed by atoms with Crippen molar-refractivity contribution in [3.05, 3.63) is 0 Å². The molecule has 1 heterocycles. The minimum absolute atomic E-state index is 0.638. The molecule has 0 radical (unpaired) electrons. The lowest BCUT2D eigenvalue weighted by Gasteiger charge is -2.00. The molecule has 0 aromatic rings. The summed E-state index contributed by atoms with van der Waals surface area (Å²) in [6.45, 7) is 4.54. The molecule has 0 aromatic carbocycles. The van der Waals surface area contributed by atoms with E-state index in [0.717, 1.165) is 0 Å². The smallest absolute Gasteiger partial charge is 0.0841 e. The zero-order chi connectivity index (χ0) is 12.3. The van der Waals surface area contributed by atoms with Crippen molar-refractivity contribution in [2.45, 2.75) is 103 Å².